The molecule has 1 fully saturated rings. The molecule has 0 bridgehead atoms. The monoisotopic (exact) mass is 424 g/mol. The van der Waals surface area contributed by atoms with Crippen LogP contribution in [0.4, 0.5) is 5.69 Å². The van der Waals surface area contributed by atoms with Gasteiger partial charge in [-0.1, -0.05) is 0 Å². The van der Waals surface area contributed by atoms with E-state index in [1.54, 1.807) is 18.4 Å². The normalized spacial score (nSPS) is 20.6. The molecular weight excluding hydrogens is 400 g/mol. The van der Waals surface area contributed by atoms with Crippen molar-refractivity contribution in [3.8, 4) is 5.75 Å². The van der Waals surface area contributed by atoms with Crippen LogP contribution in [-0.2, 0) is 19.5 Å². The Kier molecular flexibility index (Phi) is 5.00. The number of methoxy groups -OCH3 is 1. The number of aryl methyl sites for hydroxylation is 1. The van der Waals surface area contributed by atoms with Crippen molar-refractivity contribution in [2.24, 2.45) is 11.8 Å². The molecule has 4 heterocycles. The second kappa shape index (κ2) is 7.81. The molecule has 5 rings (SSSR count). The third-order valence-corrected chi connectivity index (χ3v) is 7.02. The second-order valence-electron chi connectivity index (χ2n) is 8.01. The van der Waals surface area contributed by atoms with Gasteiger partial charge < -0.3 is 14.6 Å². The van der Waals surface area contributed by atoms with Crippen molar-refractivity contribution in [3.63, 3.8) is 0 Å². The topological polar surface area (TPSA) is 85.2 Å². The molecule has 1 saturated heterocycles. The maximum absolute atomic E-state index is 12.8. The summed E-state index contributed by atoms with van der Waals surface area (Å²) >= 11 is 1.73. The average molecular weight is 425 g/mol. The minimum absolute atomic E-state index is 0.229. The van der Waals surface area contributed by atoms with Crippen molar-refractivity contribution in [3.05, 3.63) is 52.0 Å². The molecule has 2 aliphatic heterocycles. The van der Waals surface area contributed by atoms with Gasteiger partial charge in [-0.2, -0.15) is 0 Å². The van der Waals surface area contributed by atoms with Crippen LogP contribution in [-0.4, -0.2) is 50.8 Å². The lowest BCUT2D eigenvalue weighted by atomic mass is 9.89. The first-order valence-electron chi connectivity index (χ1n) is 10.1. The number of carbonyl (C=O) groups is 1. The molecule has 0 radical (unpaired) electrons. The van der Waals surface area contributed by atoms with E-state index in [0.717, 1.165) is 49.9 Å². The van der Waals surface area contributed by atoms with E-state index in [4.69, 9.17) is 4.74 Å². The number of ether oxygens (including phenoxy) is 1. The third kappa shape index (κ3) is 3.59. The zero-order valence-corrected chi connectivity index (χ0v) is 17.9. The Morgan fingerprint density at radius 1 is 1.20 bits per heavy atom. The smallest absolute Gasteiger partial charge is 0.293 e. The minimum atomic E-state index is -0.229. The molecule has 2 aliphatic rings. The van der Waals surface area contributed by atoms with Crippen LogP contribution in [0, 0.1) is 18.8 Å². The quantitative estimate of drug-likeness (QED) is 0.678. The molecule has 0 spiro atoms. The van der Waals surface area contributed by atoms with Crippen molar-refractivity contribution in [1.82, 2.24) is 24.6 Å². The number of benzene rings is 1. The summed E-state index contributed by atoms with van der Waals surface area (Å²) in [6.45, 7) is 5.90. The number of nitrogens with one attached hydrogen (secondary N) is 1. The zero-order chi connectivity index (χ0) is 20.7. The van der Waals surface area contributed by atoms with E-state index in [9.17, 15) is 4.79 Å². The molecule has 30 heavy (non-hydrogen) atoms. The number of anilines is 1. The van der Waals surface area contributed by atoms with Gasteiger partial charge in [0.15, 0.2) is 0 Å². The first kappa shape index (κ1) is 19.2. The van der Waals surface area contributed by atoms with Crippen molar-refractivity contribution < 1.29 is 9.53 Å². The van der Waals surface area contributed by atoms with E-state index in [2.05, 4.69) is 32.3 Å². The first-order valence-corrected chi connectivity index (χ1v) is 11.0. The fraction of sp³-hybridized carbons (Fsp3) is 0.429. The van der Waals surface area contributed by atoms with E-state index in [0.29, 0.717) is 23.3 Å². The van der Waals surface area contributed by atoms with E-state index in [1.807, 2.05) is 34.3 Å². The lowest BCUT2D eigenvalue weighted by Crippen LogP contribution is -2.31. The van der Waals surface area contributed by atoms with Gasteiger partial charge >= 0.3 is 0 Å². The van der Waals surface area contributed by atoms with Gasteiger partial charge in [-0.25, -0.2) is 4.98 Å². The Hall–Kier alpha value is -2.78. The summed E-state index contributed by atoms with van der Waals surface area (Å²) in [6.07, 6.45) is 0.867. The van der Waals surface area contributed by atoms with Gasteiger partial charge in [0.25, 0.3) is 5.91 Å². The summed E-state index contributed by atoms with van der Waals surface area (Å²) in [6, 6.07) is 7.27. The highest BCUT2D eigenvalue weighted by molar-refractivity contribution is 7.09. The lowest BCUT2D eigenvalue weighted by Gasteiger charge is -2.25. The van der Waals surface area contributed by atoms with E-state index in [1.165, 1.54) is 4.88 Å². The number of nitrogens with zero attached hydrogens (tertiary/aromatic N) is 5. The summed E-state index contributed by atoms with van der Waals surface area (Å²) in [4.78, 5) is 21.0. The number of hydrogen-bond acceptors (Lipinski definition) is 7. The van der Waals surface area contributed by atoms with Crippen LogP contribution in [0.2, 0.25) is 0 Å². The summed E-state index contributed by atoms with van der Waals surface area (Å²) < 4.78 is 7.16. The summed E-state index contributed by atoms with van der Waals surface area (Å²) in [5.41, 5.74) is 3.76. The Balaban J connectivity index is 1.27. The van der Waals surface area contributed by atoms with Crippen LogP contribution in [0.1, 0.15) is 27.0 Å². The highest BCUT2D eigenvalue weighted by Gasteiger charge is 2.39. The molecule has 0 unspecified atom stereocenters. The van der Waals surface area contributed by atoms with Gasteiger partial charge in [0.05, 0.1) is 18.3 Å². The Labute approximate surface area is 178 Å². The Morgan fingerprint density at radius 3 is 2.73 bits per heavy atom. The number of rotatable bonds is 5. The van der Waals surface area contributed by atoms with Gasteiger partial charge in [0.2, 0.25) is 5.82 Å². The fourth-order valence-electron chi connectivity index (χ4n) is 4.46. The molecular formula is C21H24N6O2S. The average Bonchev–Trinajstić information content (AvgIpc) is 3.45. The Morgan fingerprint density at radius 2 is 2.00 bits per heavy atom. The molecule has 1 amide bonds. The van der Waals surface area contributed by atoms with Gasteiger partial charge in [-0.05, 0) is 43.0 Å². The standard InChI is InChI=1S/C21H24N6O2S/c1-13-18(30-12-22-13)11-26-8-14-7-19-24-25-20(27(19)10-15(14)9-26)21(28)23-16-3-5-17(29-2)6-4-16/h3-6,12,14-15H,7-11H2,1-2H3,(H,23,28)/t14-,15-/m1/s1. The zero-order valence-electron chi connectivity index (χ0n) is 17.0. The van der Waals surface area contributed by atoms with E-state index < -0.39 is 0 Å². The number of carbonyl (C=O) groups excluding carboxylic acids is 1. The highest BCUT2D eigenvalue weighted by Crippen LogP contribution is 2.34. The lowest BCUT2D eigenvalue weighted by molar-refractivity contribution is 0.100. The first-order chi connectivity index (χ1) is 14.6. The van der Waals surface area contributed by atoms with Crippen LogP contribution in [0.25, 0.3) is 0 Å². The number of aromatic nitrogens is 4. The molecule has 3 aromatic rings. The van der Waals surface area contributed by atoms with Crippen LogP contribution in [0.5, 0.6) is 5.75 Å². The number of fused-ring (bicyclic) bond motifs is 2. The van der Waals surface area contributed by atoms with Crippen LogP contribution < -0.4 is 10.1 Å². The molecule has 2 aromatic heterocycles. The highest BCUT2D eigenvalue weighted by atomic mass is 32.1. The van der Waals surface area contributed by atoms with Crippen LogP contribution in [0.3, 0.4) is 0 Å². The van der Waals surface area contributed by atoms with E-state index in [-0.39, 0.29) is 5.91 Å². The second-order valence-corrected chi connectivity index (χ2v) is 8.95. The third-order valence-electron chi connectivity index (χ3n) is 6.10. The molecule has 1 N–H and O–H groups in total. The van der Waals surface area contributed by atoms with Gasteiger partial charge in [0, 0.05) is 43.2 Å². The van der Waals surface area contributed by atoms with Crippen LogP contribution in [0.15, 0.2) is 29.8 Å². The van der Waals surface area contributed by atoms with Crippen molar-refractivity contribution in [2.75, 3.05) is 25.5 Å². The summed E-state index contributed by atoms with van der Waals surface area (Å²) in [7, 11) is 1.62. The number of thiazole rings is 1. The van der Waals surface area contributed by atoms with Gasteiger partial charge in [0.1, 0.15) is 11.6 Å². The molecule has 8 nitrogen and oxygen atoms in total. The number of hydrogen-bond donors (Lipinski definition) is 1. The van der Waals surface area contributed by atoms with Crippen LogP contribution >= 0.6 is 11.3 Å². The molecule has 2 atom stereocenters. The van der Waals surface area contributed by atoms with Gasteiger partial charge in [-0.3, -0.25) is 9.69 Å². The number of amides is 1. The molecule has 0 saturated carbocycles. The summed E-state index contributed by atoms with van der Waals surface area (Å²) in [5.74, 6) is 2.88. The molecule has 1 aromatic carbocycles. The van der Waals surface area contributed by atoms with Crippen molar-refractivity contribution >= 4 is 22.9 Å². The fourth-order valence-corrected chi connectivity index (χ4v) is 5.28. The Bertz CT molecular complexity index is 1060. The number of likely N-dealkylation sites (tertiary alicyclic amines) is 1. The largest absolute Gasteiger partial charge is 0.497 e. The SMILES string of the molecule is COc1ccc(NC(=O)c2nnc3n2C[C@H]2CN(Cc4scnc4C)C[C@H]2C3)cc1. The van der Waals surface area contributed by atoms with Gasteiger partial charge in [-0.15, -0.1) is 21.5 Å². The molecule has 9 heteroatoms. The maximum atomic E-state index is 12.8. The van der Waals surface area contributed by atoms with E-state index >= 15 is 0 Å². The molecule has 156 valence electrons. The molecule has 0 aliphatic carbocycles. The van der Waals surface area contributed by atoms with Crippen molar-refractivity contribution in [1.29, 1.82) is 0 Å². The minimum Gasteiger partial charge on any atom is -0.497 e. The predicted molar refractivity (Wildman–Crippen MR) is 114 cm³/mol. The predicted octanol–water partition coefficient (Wildman–Crippen LogP) is 2.61. The van der Waals surface area contributed by atoms with Crippen molar-refractivity contribution in [2.45, 2.75) is 26.4 Å². The maximum Gasteiger partial charge on any atom is 0.293 e. The summed E-state index contributed by atoms with van der Waals surface area (Å²) in [5, 5.41) is 11.4.